The van der Waals surface area contributed by atoms with Gasteiger partial charge in [-0.15, -0.1) is 0 Å². The highest BCUT2D eigenvalue weighted by Crippen LogP contribution is 2.38. The van der Waals surface area contributed by atoms with Gasteiger partial charge < -0.3 is 9.40 Å². The van der Waals surface area contributed by atoms with Gasteiger partial charge in [0.05, 0.1) is 16.8 Å². The number of rotatable bonds is 4. The molecule has 1 N–H and O–H groups in total. The molecule has 0 atom stereocenters. The van der Waals surface area contributed by atoms with E-state index >= 15 is 0 Å². The van der Waals surface area contributed by atoms with Crippen LogP contribution in [0.1, 0.15) is 30.3 Å². The number of hydrogen-bond acceptors (Lipinski definition) is 2. The van der Waals surface area contributed by atoms with Crippen molar-refractivity contribution in [3.05, 3.63) is 53.5 Å². The van der Waals surface area contributed by atoms with Crippen molar-refractivity contribution < 1.29 is 17.6 Å². The van der Waals surface area contributed by atoms with Gasteiger partial charge in [-0.3, -0.25) is 0 Å². The fourth-order valence-electron chi connectivity index (χ4n) is 2.66. The Morgan fingerprint density at radius 2 is 1.96 bits per heavy atom. The van der Waals surface area contributed by atoms with Crippen LogP contribution in [-0.4, -0.2) is 9.97 Å². The number of aromatic amines is 1. The van der Waals surface area contributed by atoms with Gasteiger partial charge >= 0.3 is 6.18 Å². The summed E-state index contributed by atoms with van der Waals surface area (Å²) in [6.45, 7) is 4.00. The van der Waals surface area contributed by atoms with Crippen LogP contribution in [0, 0.1) is 6.92 Å². The molecule has 0 aliphatic heterocycles. The quantitative estimate of drug-likeness (QED) is 0.673. The van der Waals surface area contributed by atoms with Crippen LogP contribution in [0.15, 0.2) is 41.0 Å². The lowest BCUT2D eigenvalue weighted by molar-refractivity contribution is -0.137. The number of nitrogens with one attached hydrogen (secondary N) is 1. The molecule has 0 radical (unpaired) electrons. The van der Waals surface area contributed by atoms with Crippen molar-refractivity contribution in [2.75, 3.05) is 0 Å². The summed E-state index contributed by atoms with van der Waals surface area (Å²) in [6.07, 6.45) is -1.18. The maximum atomic E-state index is 13.1. The van der Waals surface area contributed by atoms with Crippen LogP contribution in [0.25, 0.3) is 22.7 Å². The molecule has 0 saturated heterocycles. The minimum atomic E-state index is -4.43. The molecule has 3 rings (SSSR count). The largest absolute Gasteiger partial charge is 0.464 e. The third-order valence-corrected chi connectivity index (χ3v) is 3.84. The van der Waals surface area contributed by atoms with Crippen LogP contribution in [0.4, 0.5) is 13.2 Å². The molecule has 126 valence electrons. The van der Waals surface area contributed by atoms with Gasteiger partial charge in [0.2, 0.25) is 0 Å². The van der Waals surface area contributed by atoms with Gasteiger partial charge in [-0.05, 0) is 25.5 Å². The van der Waals surface area contributed by atoms with E-state index in [0.717, 1.165) is 30.3 Å². The zero-order valence-corrected chi connectivity index (χ0v) is 13.4. The smallest absolute Gasteiger partial charge is 0.417 e. The van der Waals surface area contributed by atoms with Gasteiger partial charge in [0.15, 0.2) is 0 Å². The van der Waals surface area contributed by atoms with Gasteiger partial charge in [0, 0.05) is 11.3 Å². The number of alkyl halides is 3. The molecule has 2 aromatic heterocycles. The Balaban J connectivity index is 1.99. The number of aryl methyl sites for hydroxylation is 2. The Kier molecular flexibility index (Phi) is 4.22. The highest BCUT2D eigenvalue weighted by Gasteiger charge is 2.34. The maximum absolute atomic E-state index is 13.1. The number of hydrogen-bond donors (Lipinski definition) is 1. The van der Waals surface area contributed by atoms with Crippen LogP contribution in [0.5, 0.6) is 0 Å². The van der Waals surface area contributed by atoms with Crippen molar-refractivity contribution >= 4 is 0 Å². The molecule has 0 saturated carbocycles. The monoisotopic (exact) mass is 334 g/mol. The summed E-state index contributed by atoms with van der Waals surface area (Å²) in [5, 5.41) is 0. The lowest BCUT2D eigenvalue weighted by Gasteiger charge is -2.10. The summed E-state index contributed by atoms with van der Waals surface area (Å²) in [6, 6.07) is 6.96. The molecule has 0 amide bonds. The van der Waals surface area contributed by atoms with E-state index in [-0.39, 0.29) is 11.3 Å². The number of furan rings is 1. The summed E-state index contributed by atoms with van der Waals surface area (Å²) in [4.78, 5) is 7.67. The summed E-state index contributed by atoms with van der Waals surface area (Å²) < 4.78 is 44.8. The summed E-state index contributed by atoms with van der Waals surface area (Å²) in [5.41, 5.74) is 1.87. The minimum absolute atomic E-state index is 0.0216. The van der Waals surface area contributed by atoms with Gasteiger partial charge in [-0.1, -0.05) is 31.5 Å². The standard InChI is InChI=1S/C18H17F3N2O/c1-3-6-15-11(2)22-17(23-15)12-9-16(24-10-12)13-7-4-5-8-14(13)18(19,20)21/h4-5,7-10H,3,6H2,1-2H3,(H,22,23). The minimum Gasteiger partial charge on any atom is -0.464 e. The summed E-state index contributed by atoms with van der Waals surface area (Å²) in [5.74, 6) is 0.777. The molecule has 2 heterocycles. The van der Waals surface area contributed by atoms with Crippen molar-refractivity contribution in [2.24, 2.45) is 0 Å². The number of H-pyrrole nitrogens is 1. The Hall–Kier alpha value is -2.50. The zero-order chi connectivity index (χ0) is 17.3. The van der Waals surface area contributed by atoms with E-state index in [4.69, 9.17) is 4.42 Å². The van der Waals surface area contributed by atoms with E-state index < -0.39 is 11.7 Å². The predicted octanol–water partition coefficient (Wildman–Crippen LogP) is 5.62. The van der Waals surface area contributed by atoms with Crippen LogP contribution >= 0.6 is 0 Å². The number of nitrogens with zero attached hydrogens (tertiary/aromatic N) is 1. The van der Waals surface area contributed by atoms with Crippen molar-refractivity contribution in [1.82, 2.24) is 9.97 Å². The number of benzene rings is 1. The molecule has 0 spiro atoms. The molecule has 3 aromatic rings. The first-order valence-corrected chi connectivity index (χ1v) is 7.71. The van der Waals surface area contributed by atoms with Crippen molar-refractivity contribution in [1.29, 1.82) is 0 Å². The van der Waals surface area contributed by atoms with E-state index in [1.807, 2.05) is 6.92 Å². The third kappa shape index (κ3) is 3.09. The fraction of sp³-hybridized carbons (Fsp3) is 0.278. The van der Waals surface area contributed by atoms with Gasteiger partial charge in [0.1, 0.15) is 17.8 Å². The summed E-state index contributed by atoms with van der Waals surface area (Å²) in [7, 11) is 0. The highest BCUT2D eigenvalue weighted by molar-refractivity contribution is 5.69. The maximum Gasteiger partial charge on any atom is 0.417 e. The molecular weight excluding hydrogens is 317 g/mol. The lowest BCUT2D eigenvalue weighted by Crippen LogP contribution is -2.06. The van der Waals surface area contributed by atoms with Gasteiger partial charge in [-0.25, -0.2) is 4.98 Å². The molecule has 0 aliphatic carbocycles. The fourth-order valence-corrected chi connectivity index (χ4v) is 2.66. The Bertz CT molecular complexity index is 846. The van der Waals surface area contributed by atoms with E-state index in [1.165, 1.54) is 18.4 Å². The molecule has 0 fully saturated rings. The molecule has 0 bridgehead atoms. The molecule has 0 aliphatic rings. The molecule has 3 nitrogen and oxygen atoms in total. The normalized spacial score (nSPS) is 11.9. The average molecular weight is 334 g/mol. The molecule has 1 aromatic carbocycles. The van der Waals surface area contributed by atoms with Gasteiger partial charge in [-0.2, -0.15) is 13.2 Å². The zero-order valence-electron chi connectivity index (χ0n) is 13.4. The first-order chi connectivity index (χ1) is 11.4. The SMILES string of the molecule is CCCc1nc(-c2coc(-c3ccccc3C(F)(F)F)c2)[nH]c1C. The molecular formula is C18H17F3N2O. The Labute approximate surface area is 137 Å². The number of imidazole rings is 1. The highest BCUT2D eigenvalue weighted by atomic mass is 19.4. The van der Waals surface area contributed by atoms with Crippen molar-refractivity contribution in [3.63, 3.8) is 0 Å². The average Bonchev–Trinajstić information content (AvgIpc) is 3.14. The van der Waals surface area contributed by atoms with Crippen LogP contribution in [-0.2, 0) is 12.6 Å². The van der Waals surface area contributed by atoms with Gasteiger partial charge in [0.25, 0.3) is 0 Å². The molecule has 0 unspecified atom stereocenters. The molecule has 6 heteroatoms. The third-order valence-electron chi connectivity index (χ3n) is 3.84. The number of aromatic nitrogens is 2. The first-order valence-electron chi connectivity index (χ1n) is 7.71. The second kappa shape index (κ2) is 6.19. The van der Waals surface area contributed by atoms with Crippen LogP contribution in [0.2, 0.25) is 0 Å². The number of halogens is 3. The van der Waals surface area contributed by atoms with Crippen molar-refractivity contribution in [2.45, 2.75) is 32.9 Å². The second-order valence-corrected chi connectivity index (χ2v) is 5.65. The topological polar surface area (TPSA) is 41.8 Å². The lowest BCUT2D eigenvalue weighted by atomic mass is 10.0. The van der Waals surface area contributed by atoms with Crippen LogP contribution < -0.4 is 0 Å². The Morgan fingerprint density at radius 1 is 1.21 bits per heavy atom. The van der Waals surface area contributed by atoms with E-state index in [9.17, 15) is 13.2 Å². The molecule has 24 heavy (non-hydrogen) atoms. The second-order valence-electron chi connectivity index (χ2n) is 5.65. The van der Waals surface area contributed by atoms with E-state index in [2.05, 4.69) is 16.9 Å². The summed E-state index contributed by atoms with van der Waals surface area (Å²) >= 11 is 0. The van der Waals surface area contributed by atoms with E-state index in [1.54, 1.807) is 12.1 Å². The predicted molar refractivity (Wildman–Crippen MR) is 85.5 cm³/mol. The first kappa shape index (κ1) is 16.4. The van der Waals surface area contributed by atoms with Crippen LogP contribution in [0.3, 0.4) is 0 Å². The Morgan fingerprint density at radius 3 is 2.67 bits per heavy atom. The van der Waals surface area contributed by atoms with Crippen molar-refractivity contribution in [3.8, 4) is 22.7 Å². The van der Waals surface area contributed by atoms with E-state index in [0.29, 0.717) is 11.4 Å².